The van der Waals surface area contributed by atoms with Crippen LogP contribution in [-0.4, -0.2) is 49.4 Å². The van der Waals surface area contributed by atoms with Gasteiger partial charge in [0.2, 0.25) is 0 Å². The molecule has 0 unspecified atom stereocenters. The van der Waals surface area contributed by atoms with Gasteiger partial charge in [-0.15, -0.1) is 0 Å². The van der Waals surface area contributed by atoms with Crippen molar-refractivity contribution in [3.63, 3.8) is 0 Å². The molecule has 37 heavy (non-hydrogen) atoms. The Balaban J connectivity index is 1.12. The Morgan fingerprint density at radius 2 is 1.57 bits per heavy atom. The molecule has 2 heterocycles. The first-order chi connectivity index (χ1) is 18.2. The van der Waals surface area contributed by atoms with Crippen LogP contribution >= 0.6 is 0 Å². The fourth-order valence-electron chi connectivity index (χ4n) is 5.61. The van der Waals surface area contributed by atoms with Crippen LogP contribution in [0.15, 0.2) is 78.9 Å². The second-order valence-corrected chi connectivity index (χ2v) is 10.1. The van der Waals surface area contributed by atoms with Gasteiger partial charge in [-0.3, -0.25) is 9.59 Å². The van der Waals surface area contributed by atoms with E-state index >= 15 is 0 Å². The lowest BCUT2D eigenvalue weighted by Crippen LogP contribution is -2.45. The number of piperidine rings is 1. The molecule has 1 saturated heterocycles. The highest BCUT2D eigenvalue weighted by Crippen LogP contribution is 2.33. The Bertz CT molecular complexity index is 1200. The summed E-state index contributed by atoms with van der Waals surface area (Å²) >= 11 is 0. The van der Waals surface area contributed by atoms with Gasteiger partial charge in [0.1, 0.15) is 5.75 Å². The summed E-state index contributed by atoms with van der Waals surface area (Å²) in [6.45, 7) is 3.57. The third-order valence-corrected chi connectivity index (χ3v) is 7.70. The summed E-state index contributed by atoms with van der Waals surface area (Å²) in [5.74, 6) is 1.48. The zero-order valence-electron chi connectivity index (χ0n) is 21.5. The van der Waals surface area contributed by atoms with E-state index in [1.807, 2.05) is 47.4 Å². The van der Waals surface area contributed by atoms with Gasteiger partial charge in [0, 0.05) is 25.1 Å². The molecular weight excluding hydrogens is 460 g/mol. The number of rotatable bonds is 10. The van der Waals surface area contributed by atoms with E-state index in [1.165, 1.54) is 11.1 Å². The molecule has 0 N–H and O–H groups in total. The number of aryl methyl sites for hydroxylation is 1. The van der Waals surface area contributed by atoms with Crippen LogP contribution in [-0.2, 0) is 11.2 Å². The quantitative estimate of drug-likeness (QED) is 0.260. The smallest absolute Gasteiger partial charge is 0.265 e. The third-order valence-electron chi connectivity index (χ3n) is 7.70. The lowest BCUT2D eigenvalue weighted by Gasteiger charge is -2.35. The van der Waals surface area contributed by atoms with Crippen molar-refractivity contribution in [3.8, 4) is 5.75 Å². The first-order valence-electron chi connectivity index (χ1n) is 13.6. The summed E-state index contributed by atoms with van der Waals surface area (Å²) in [5.41, 5.74) is 4.33. The molecule has 0 aliphatic carbocycles. The molecule has 3 aromatic carbocycles. The highest BCUT2D eigenvalue weighted by molar-refractivity contribution is 5.98. The molecular formula is C32H36N2O3. The van der Waals surface area contributed by atoms with Crippen molar-refractivity contribution in [1.29, 1.82) is 0 Å². The van der Waals surface area contributed by atoms with Gasteiger partial charge in [-0.1, -0.05) is 66.7 Å². The summed E-state index contributed by atoms with van der Waals surface area (Å²) < 4.78 is 5.57. The van der Waals surface area contributed by atoms with E-state index in [9.17, 15) is 9.59 Å². The number of carbonyl (C=O) groups excluding carboxylic acids is 2. The highest BCUT2D eigenvalue weighted by atomic mass is 16.5. The summed E-state index contributed by atoms with van der Waals surface area (Å²) in [6, 6.07) is 26.5. The highest BCUT2D eigenvalue weighted by Gasteiger charge is 2.27. The van der Waals surface area contributed by atoms with Crippen LogP contribution in [0.4, 0.5) is 5.69 Å². The molecule has 1 fully saturated rings. The SMILES string of the molecule is O=C(CCCCc1ccccc1)c1ccccc1C1CCN(CCN2C(=O)COc3ccccc32)CC1. The van der Waals surface area contributed by atoms with Crippen LogP contribution < -0.4 is 9.64 Å². The van der Waals surface area contributed by atoms with Crippen molar-refractivity contribution in [2.75, 3.05) is 37.7 Å². The first-order valence-corrected chi connectivity index (χ1v) is 13.6. The molecule has 2 aliphatic heterocycles. The van der Waals surface area contributed by atoms with Crippen molar-refractivity contribution < 1.29 is 14.3 Å². The van der Waals surface area contributed by atoms with E-state index < -0.39 is 0 Å². The zero-order chi connectivity index (χ0) is 25.5. The van der Waals surface area contributed by atoms with Gasteiger partial charge in [-0.2, -0.15) is 0 Å². The average Bonchev–Trinajstić information content (AvgIpc) is 2.95. The number of ether oxygens (including phenoxy) is 1. The molecule has 2 aliphatic rings. The maximum atomic E-state index is 13.1. The summed E-state index contributed by atoms with van der Waals surface area (Å²) in [7, 11) is 0. The van der Waals surface area contributed by atoms with Crippen molar-refractivity contribution in [2.45, 2.75) is 44.4 Å². The fraction of sp³-hybridized carbons (Fsp3) is 0.375. The number of benzene rings is 3. The minimum atomic E-state index is 0.0183. The minimum Gasteiger partial charge on any atom is -0.482 e. The largest absolute Gasteiger partial charge is 0.482 e. The second kappa shape index (κ2) is 12.2. The van der Waals surface area contributed by atoms with Crippen LogP contribution in [0.2, 0.25) is 0 Å². The Morgan fingerprint density at radius 1 is 0.838 bits per heavy atom. The number of ketones is 1. The number of unbranched alkanes of at least 4 members (excludes halogenated alkanes) is 1. The normalized spacial score (nSPS) is 16.3. The van der Waals surface area contributed by atoms with E-state index in [2.05, 4.69) is 41.3 Å². The van der Waals surface area contributed by atoms with Gasteiger partial charge in [0.05, 0.1) is 5.69 Å². The number of hydrogen-bond donors (Lipinski definition) is 0. The fourth-order valence-corrected chi connectivity index (χ4v) is 5.61. The van der Waals surface area contributed by atoms with Crippen molar-refractivity contribution in [3.05, 3.63) is 95.6 Å². The molecule has 0 aromatic heterocycles. The first kappa shape index (κ1) is 25.2. The standard InChI is InChI=1S/C32H36N2O3/c35-30(16-8-4-12-25-10-2-1-3-11-25)28-14-6-5-13-27(28)26-18-20-33(21-19-26)22-23-34-29-15-7-9-17-31(29)37-24-32(34)36/h1-3,5-7,9-11,13-15,17,26H,4,8,12,16,18-24H2. The molecule has 5 nitrogen and oxygen atoms in total. The lowest BCUT2D eigenvalue weighted by atomic mass is 9.84. The summed E-state index contributed by atoms with van der Waals surface area (Å²) in [5, 5.41) is 0. The molecule has 0 radical (unpaired) electrons. The number of nitrogens with zero attached hydrogens (tertiary/aromatic N) is 2. The molecule has 192 valence electrons. The Hall–Kier alpha value is -3.44. The summed E-state index contributed by atoms with van der Waals surface area (Å²) in [4.78, 5) is 29.9. The van der Waals surface area contributed by atoms with E-state index in [0.717, 1.165) is 68.7 Å². The van der Waals surface area contributed by atoms with Gasteiger partial charge in [0.15, 0.2) is 12.4 Å². The Kier molecular flexibility index (Phi) is 8.32. The van der Waals surface area contributed by atoms with Gasteiger partial charge in [0.25, 0.3) is 5.91 Å². The number of fused-ring (bicyclic) bond motifs is 1. The van der Waals surface area contributed by atoms with Gasteiger partial charge >= 0.3 is 0 Å². The molecule has 0 bridgehead atoms. The van der Waals surface area contributed by atoms with Crippen LogP contribution in [0.25, 0.3) is 0 Å². The Labute approximate surface area is 220 Å². The predicted octanol–water partition coefficient (Wildman–Crippen LogP) is 5.89. The predicted molar refractivity (Wildman–Crippen MR) is 147 cm³/mol. The van der Waals surface area contributed by atoms with Crippen LogP contribution in [0.3, 0.4) is 0 Å². The second-order valence-electron chi connectivity index (χ2n) is 10.1. The zero-order valence-corrected chi connectivity index (χ0v) is 21.5. The van der Waals surface area contributed by atoms with Gasteiger partial charge in [-0.25, -0.2) is 0 Å². The lowest BCUT2D eigenvalue weighted by molar-refractivity contribution is -0.121. The number of anilines is 1. The number of Topliss-reactive ketones (excluding diaryl/α,β-unsaturated/α-hetero) is 1. The van der Waals surface area contributed by atoms with E-state index in [1.54, 1.807) is 0 Å². The maximum Gasteiger partial charge on any atom is 0.265 e. The topological polar surface area (TPSA) is 49.9 Å². The number of carbonyl (C=O) groups is 2. The third kappa shape index (κ3) is 6.28. The molecule has 0 saturated carbocycles. The molecule has 5 heteroatoms. The number of likely N-dealkylation sites (tertiary alicyclic amines) is 1. The van der Waals surface area contributed by atoms with Crippen molar-refractivity contribution >= 4 is 17.4 Å². The van der Waals surface area contributed by atoms with Crippen molar-refractivity contribution in [2.24, 2.45) is 0 Å². The number of para-hydroxylation sites is 2. The average molecular weight is 497 g/mol. The molecule has 0 atom stereocenters. The monoisotopic (exact) mass is 496 g/mol. The maximum absolute atomic E-state index is 13.1. The van der Waals surface area contributed by atoms with E-state index in [4.69, 9.17) is 4.74 Å². The minimum absolute atomic E-state index is 0.0183. The molecule has 3 aromatic rings. The Morgan fingerprint density at radius 3 is 2.41 bits per heavy atom. The molecule has 5 rings (SSSR count). The molecule has 1 amide bonds. The number of hydrogen-bond acceptors (Lipinski definition) is 4. The summed E-state index contributed by atoms with van der Waals surface area (Å²) in [6.07, 6.45) is 5.65. The van der Waals surface area contributed by atoms with E-state index in [-0.39, 0.29) is 18.3 Å². The van der Waals surface area contributed by atoms with E-state index in [0.29, 0.717) is 18.9 Å². The number of amides is 1. The van der Waals surface area contributed by atoms with Gasteiger partial charge in [-0.05, 0) is 74.4 Å². The van der Waals surface area contributed by atoms with Gasteiger partial charge < -0.3 is 14.5 Å². The molecule has 0 spiro atoms. The van der Waals surface area contributed by atoms with Crippen LogP contribution in [0.1, 0.15) is 59.5 Å². The van der Waals surface area contributed by atoms with Crippen LogP contribution in [0, 0.1) is 0 Å². The van der Waals surface area contributed by atoms with Crippen molar-refractivity contribution in [1.82, 2.24) is 4.90 Å². The van der Waals surface area contributed by atoms with Crippen LogP contribution in [0.5, 0.6) is 5.75 Å².